The second-order valence-corrected chi connectivity index (χ2v) is 8.67. The number of anilines is 2. The maximum atomic E-state index is 13.6. The number of nitrogens with one attached hydrogen (secondary N) is 1. The number of hydrogen-bond acceptors (Lipinski definition) is 4. The van der Waals surface area contributed by atoms with Crippen LogP contribution in [0.1, 0.15) is 18.1 Å². The summed E-state index contributed by atoms with van der Waals surface area (Å²) in [5.74, 6) is -0.300. The summed E-state index contributed by atoms with van der Waals surface area (Å²) >= 11 is 0. The van der Waals surface area contributed by atoms with E-state index in [1.54, 1.807) is 12.3 Å². The molecule has 1 amide bonds. The zero-order valence-electron chi connectivity index (χ0n) is 20.0. The lowest BCUT2D eigenvalue weighted by Crippen LogP contribution is -2.07. The monoisotopic (exact) mass is 501 g/mol. The van der Waals surface area contributed by atoms with Gasteiger partial charge in [-0.3, -0.25) is 10.1 Å². The first-order valence-corrected chi connectivity index (χ1v) is 11.4. The first kappa shape index (κ1) is 24.1. The minimum Gasteiger partial charge on any atom is -0.399 e. The van der Waals surface area contributed by atoms with Gasteiger partial charge in [-0.2, -0.15) is 18.2 Å². The van der Waals surface area contributed by atoms with Crippen molar-refractivity contribution in [1.82, 2.24) is 14.6 Å². The van der Waals surface area contributed by atoms with E-state index in [4.69, 9.17) is 5.73 Å². The SMILES string of the molecule is CC(=O)Nc1nc2c(-c3cccc(C(F)(F)F)c3)c(C)c(-c3ccccc3-c3ccc(N)cc3)cn2n1. The zero-order valence-corrected chi connectivity index (χ0v) is 20.0. The summed E-state index contributed by atoms with van der Waals surface area (Å²) < 4.78 is 42.2. The molecule has 3 N–H and O–H groups in total. The number of halogens is 3. The summed E-state index contributed by atoms with van der Waals surface area (Å²) in [6.45, 7) is 3.18. The Hall–Kier alpha value is -4.66. The molecule has 0 aliphatic rings. The molecule has 9 heteroatoms. The minimum absolute atomic E-state index is 0.0593. The lowest BCUT2D eigenvalue weighted by atomic mass is 9.90. The molecule has 0 fully saturated rings. The number of amides is 1. The van der Waals surface area contributed by atoms with E-state index in [2.05, 4.69) is 15.4 Å². The average Bonchev–Trinajstić information content (AvgIpc) is 3.25. The molecule has 0 atom stereocenters. The molecule has 0 saturated carbocycles. The Bertz CT molecular complexity index is 1640. The van der Waals surface area contributed by atoms with Crippen LogP contribution in [0.3, 0.4) is 0 Å². The van der Waals surface area contributed by atoms with E-state index in [1.807, 2.05) is 55.5 Å². The molecule has 2 heterocycles. The van der Waals surface area contributed by atoms with Crippen LogP contribution in [-0.2, 0) is 11.0 Å². The summed E-state index contributed by atoms with van der Waals surface area (Å²) in [5.41, 5.74) is 11.1. The third-order valence-electron chi connectivity index (χ3n) is 6.09. The molecule has 0 aliphatic carbocycles. The number of rotatable bonds is 4. The van der Waals surface area contributed by atoms with Crippen LogP contribution in [0.2, 0.25) is 0 Å². The van der Waals surface area contributed by atoms with Crippen molar-refractivity contribution in [3.8, 4) is 33.4 Å². The molecule has 2 aromatic heterocycles. The quantitative estimate of drug-likeness (QED) is 0.272. The Kier molecular flexibility index (Phi) is 5.91. The molecule has 6 nitrogen and oxygen atoms in total. The molecular weight excluding hydrogens is 479 g/mol. The molecule has 0 aliphatic heterocycles. The number of nitrogens with two attached hydrogens (primary N) is 1. The maximum Gasteiger partial charge on any atom is 0.416 e. The number of benzene rings is 3. The fourth-order valence-electron chi connectivity index (χ4n) is 4.42. The van der Waals surface area contributed by atoms with Crippen molar-refractivity contribution < 1.29 is 18.0 Å². The van der Waals surface area contributed by atoms with E-state index in [1.165, 1.54) is 17.5 Å². The lowest BCUT2D eigenvalue weighted by Gasteiger charge is -2.17. The Morgan fingerprint density at radius 2 is 1.62 bits per heavy atom. The number of pyridine rings is 1. The fourth-order valence-corrected chi connectivity index (χ4v) is 4.42. The van der Waals surface area contributed by atoms with Crippen LogP contribution < -0.4 is 11.1 Å². The number of nitrogen functional groups attached to an aromatic ring is 1. The second-order valence-electron chi connectivity index (χ2n) is 8.67. The van der Waals surface area contributed by atoms with E-state index in [0.29, 0.717) is 22.5 Å². The molecule has 0 spiro atoms. The number of carbonyl (C=O) groups is 1. The minimum atomic E-state index is -4.51. The third-order valence-corrected chi connectivity index (χ3v) is 6.09. The van der Waals surface area contributed by atoms with Gasteiger partial charge in [-0.05, 0) is 59.0 Å². The summed E-state index contributed by atoms with van der Waals surface area (Å²) in [4.78, 5) is 16.1. The van der Waals surface area contributed by atoms with Crippen molar-refractivity contribution in [3.05, 3.63) is 90.1 Å². The van der Waals surface area contributed by atoms with Crippen molar-refractivity contribution in [1.29, 1.82) is 0 Å². The maximum absolute atomic E-state index is 13.6. The van der Waals surface area contributed by atoms with Crippen molar-refractivity contribution >= 4 is 23.2 Å². The molecular formula is C28H22F3N5O. The van der Waals surface area contributed by atoms with Gasteiger partial charge in [0.2, 0.25) is 11.9 Å². The predicted octanol–water partition coefficient (Wildman–Crippen LogP) is 6.60. The summed E-state index contributed by atoms with van der Waals surface area (Å²) in [6.07, 6.45) is -2.73. The number of nitrogens with zero attached hydrogens (tertiary/aromatic N) is 3. The van der Waals surface area contributed by atoms with Gasteiger partial charge < -0.3 is 5.73 Å². The molecule has 5 aromatic rings. The molecule has 0 radical (unpaired) electrons. The van der Waals surface area contributed by atoms with Gasteiger partial charge in [0.25, 0.3) is 0 Å². The first-order valence-electron chi connectivity index (χ1n) is 11.4. The van der Waals surface area contributed by atoms with Crippen LogP contribution in [0.15, 0.2) is 79.0 Å². The smallest absolute Gasteiger partial charge is 0.399 e. The number of alkyl halides is 3. The summed E-state index contributed by atoms with van der Waals surface area (Å²) in [5, 5.41) is 6.94. The number of carbonyl (C=O) groups excluding carboxylic acids is 1. The third kappa shape index (κ3) is 4.63. The molecule has 5 rings (SSSR count). The first-order chi connectivity index (χ1) is 17.6. The van der Waals surface area contributed by atoms with Gasteiger partial charge in [0, 0.05) is 29.9 Å². The Morgan fingerprint density at radius 1 is 0.919 bits per heavy atom. The molecule has 186 valence electrons. The number of hydrogen-bond donors (Lipinski definition) is 2. The highest BCUT2D eigenvalue weighted by molar-refractivity contribution is 5.92. The molecule has 0 bridgehead atoms. The van der Waals surface area contributed by atoms with Crippen molar-refractivity contribution in [2.24, 2.45) is 0 Å². The second kappa shape index (κ2) is 9.09. The summed E-state index contributed by atoms with van der Waals surface area (Å²) in [6, 6.07) is 20.3. The Balaban J connectivity index is 1.80. The lowest BCUT2D eigenvalue weighted by molar-refractivity contribution is -0.137. The zero-order chi connectivity index (χ0) is 26.3. The highest BCUT2D eigenvalue weighted by atomic mass is 19.4. The van der Waals surface area contributed by atoms with E-state index in [0.717, 1.165) is 39.9 Å². The van der Waals surface area contributed by atoms with Gasteiger partial charge >= 0.3 is 6.18 Å². The van der Waals surface area contributed by atoms with Gasteiger partial charge in [0.1, 0.15) is 0 Å². The topological polar surface area (TPSA) is 85.3 Å². The number of aromatic nitrogens is 3. The van der Waals surface area contributed by atoms with E-state index in [9.17, 15) is 18.0 Å². The van der Waals surface area contributed by atoms with Crippen LogP contribution in [-0.4, -0.2) is 20.5 Å². The largest absolute Gasteiger partial charge is 0.416 e. The van der Waals surface area contributed by atoms with E-state index in [-0.39, 0.29) is 11.9 Å². The van der Waals surface area contributed by atoms with Crippen molar-refractivity contribution in [2.45, 2.75) is 20.0 Å². The highest BCUT2D eigenvalue weighted by Gasteiger charge is 2.31. The van der Waals surface area contributed by atoms with Crippen molar-refractivity contribution in [2.75, 3.05) is 11.1 Å². The normalized spacial score (nSPS) is 11.6. The van der Waals surface area contributed by atoms with Gasteiger partial charge in [-0.1, -0.05) is 48.5 Å². The van der Waals surface area contributed by atoms with Gasteiger partial charge in [-0.25, -0.2) is 4.52 Å². The molecule has 37 heavy (non-hydrogen) atoms. The average molecular weight is 502 g/mol. The fraction of sp³-hybridized carbons (Fsp3) is 0.107. The van der Waals surface area contributed by atoms with Crippen LogP contribution >= 0.6 is 0 Å². The van der Waals surface area contributed by atoms with E-state index >= 15 is 0 Å². The van der Waals surface area contributed by atoms with E-state index < -0.39 is 11.7 Å². The summed E-state index contributed by atoms with van der Waals surface area (Å²) in [7, 11) is 0. The molecule has 0 saturated heterocycles. The Morgan fingerprint density at radius 3 is 2.30 bits per heavy atom. The number of fused-ring (bicyclic) bond motifs is 1. The van der Waals surface area contributed by atoms with Crippen LogP contribution in [0.5, 0.6) is 0 Å². The van der Waals surface area contributed by atoms with Gasteiger partial charge in [0.05, 0.1) is 5.56 Å². The van der Waals surface area contributed by atoms with Crippen LogP contribution in [0, 0.1) is 6.92 Å². The molecule has 0 unspecified atom stereocenters. The highest BCUT2D eigenvalue weighted by Crippen LogP contribution is 2.40. The van der Waals surface area contributed by atoms with Gasteiger partial charge in [-0.15, -0.1) is 5.10 Å². The van der Waals surface area contributed by atoms with Crippen LogP contribution in [0.25, 0.3) is 39.0 Å². The molecule has 3 aromatic carbocycles. The van der Waals surface area contributed by atoms with Crippen molar-refractivity contribution in [3.63, 3.8) is 0 Å². The van der Waals surface area contributed by atoms with Gasteiger partial charge in [0.15, 0.2) is 5.65 Å². The predicted molar refractivity (Wildman–Crippen MR) is 138 cm³/mol. The van der Waals surface area contributed by atoms with Crippen LogP contribution in [0.4, 0.5) is 24.8 Å². The standard InChI is InChI=1S/C28H22F3N5O/c1-16-24(23-9-4-3-8-22(23)18-10-12-21(32)13-11-18)15-36-26(34-27(35-36)33-17(2)37)25(16)19-6-5-7-20(14-19)28(29,30)31/h3-15H,32H2,1-2H3,(H,33,35,37). The Labute approximate surface area is 210 Å².